The number of aryl methyl sites for hydroxylation is 1. The van der Waals surface area contributed by atoms with Crippen LogP contribution in [0.15, 0.2) is 23.1 Å². The van der Waals surface area contributed by atoms with Gasteiger partial charge in [-0.1, -0.05) is 25.8 Å². The number of terminal acetylenes is 1. The number of amides is 1. The monoisotopic (exact) mass is 307 g/mol. The van der Waals surface area contributed by atoms with Crippen LogP contribution in [0.3, 0.4) is 0 Å². The molecule has 0 aliphatic rings. The molecule has 5 heteroatoms. The minimum Gasteiger partial charge on any atom is -0.336 e. The first-order chi connectivity index (χ1) is 9.69. The van der Waals surface area contributed by atoms with E-state index in [1.54, 1.807) is 13.0 Å². The Kier molecular flexibility index (Phi) is 5.19. The summed E-state index contributed by atoms with van der Waals surface area (Å²) in [5.74, 6) is 2.28. The topological polar surface area (TPSA) is 63.2 Å². The number of hydrogen-bond donors (Lipinski definition) is 1. The van der Waals surface area contributed by atoms with Gasteiger partial charge in [-0.05, 0) is 37.5 Å². The van der Waals surface area contributed by atoms with Crippen molar-refractivity contribution in [3.63, 3.8) is 0 Å². The van der Waals surface area contributed by atoms with Crippen molar-refractivity contribution < 1.29 is 13.2 Å². The SMILES string of the molecule is C#CC(CC)(CC)NC(=O)c1cc(S(C)(=O)=O)ccc1C. The highest BCUT2D eigenvalue weighted by molar-refractivity contribution is 7.90. The second kappa shape index (κ2) is 6.31. The summed E-state index contributed by atoms with van der Waals surface area (Å²) in [5, 5.41) is 2.85. The Balaban J connectivity index is 3.23. The van der Waals surface area contributed by atoms with Crippen LogP contribution in [0.2, 0.25) is 0 Å². The molecule has 0 aliphatic carbocycles. The lowest BCUT2D eigenvalue weighted by Crippen LogP contribution is -2.46. The van der Waals surface area contributed by atoms with Gasteiger partial charge < -0.3 is 5.32 Å². The highest BCUT2D eigenvalue weighted by atomic mass is 32.2. The first kappa shape index (κ1) is 17.3. The second-order valence-electron chi connectivity index (χ2n) is 5.14. The molecule has 1 amide bonds. The molecular formula is C16H21NO3S. The quantitative estimate of drug-likeness (QED) is 0.849. The molecule has 0 spiro atoms. The van der Waals surface area contributed by atoms with Crippen LogP contribution in [0.1, 0.15) is 42.6 Å². The van der Waals surface area contributed by atoms with Crippen molar-refractivity contribution in [2.75, 3.05) is 6.26 Å². The lowest BCUT2D eigenvalue weighted by Gasteiger charge is -2.27. The maximum atomic E-state index is 12.4. The van der Waals surface area contributed by atoms with Gasteiger partial charge in [0.15, 0.2) is 9.84 Å². The van der Waals surface area contributed by atoms with Crippen LogP contribution in [0, 0.1) is 19.3 Å². The summed E-state index contributed by atoms with van der Waals surface area (Å²) >= 11 is 0. The van der Waals surface area contributed by atoms with Gasteiger partial charge in [-0.3, -0.25) is 4.79 Å². The Bertz CT molecular complexity index is 680. The number of rotatable bonds is 5. The molecule has 0 atom stereocenters. The molecule has 1 aromatic carbocycles. The number of carbonyl (C=O) groups excluding carboxylic acids is 1. The molecule has 0 fully saturated rings. The van der Waals surface area contributed by atoms with Crippen molar-refractivity contribution >= 4 is 15.7 Å². The van der Waals surface area contributed by atoms with E-state index in [1.807, 2.05) is 13.8 Å². The van der Waals surface area contributed by atoms with Crippen LogP contribution in [-0.2, 0) is 9.84 Å². The average molecular weight is 307 g/mol. The third-order valence-corrected chi connectivity index (χ3v) is 4.83. The van der Waals surface area contributed by atoms with E-state index in [9.17, 15) is 13.2 Å². The minimum absolute atomic E-state index is 0.123. The van der Waals surface area contributed by atoms with Crippen LogP contribution in [0.4, 0.5) is 0 Å². The van der Waals surface area contributed by atoms with Crippen molar-refractivity contribution in [3.8, 4) is 12.3 Å². The van der Waals surface area contributed by atoms with Crippen molar-refractivity contribution in [1.82, 2.24) is 5.32 Å². The third kappa shape index (κ3) is 3.85. The normalized spacial score (nSPS) is 11.8. The van der Waals surface area contributed by atoms with Crippen LogP contribution in [0.25, 0.3) is 0 Å². The van der Waals surface area contributed by atoms with Crippen molar-refractivity contribution in [2.24, 2.45) is 0 Å². The lowest BCUT2D eigenvalue weighted by molar-refractivity contribution is 0.0915. The van der Waals surface area contributed by atoms with Gasteiger partial charge in [-0.2, -0.15) is 0 Å². The summed E-state index contributed by atoms with van der Waals surface area (Å²) < 4.78 is 23.2. The molecule has 4 nitrogen and oxygen atoms in total. The molecule has 1 N–H and O–H groups in total. The van der Waals surface area contributed by atoms with Gasteiger partial charge in [0.05, 0.1) is 4.90 Å². The molecule has 1 aromatic rings. The Morgan fingerprint density at radius 1 is 1.33 bits per heavy atom. The van der Waals surface area contributed by atoms with Crippen LogP contribution in [-0.4, -0.2) is 26.1 Å². The van der Waals surface area contributed by atoms with Crippen molar-refractivity contribution in [1.29, 1.82) is 0 Å². The lowest BCUT2D eigenvalue weighted by atomic mass is 9.93. The van der Waals surface area contributed by atoms with Gasteiger partial charge in [0.25, 0.3) is 5.91 Å². The zero-order valence-electron chi connectivity index (χ0n) is 12.9. The van der Waals surface area contributed by atoms with E-state index < -0.39 is 15.4 Å². The van der Waals surface area contributed by atoms with Gasteiger partial charge in [0.2, 0.25) is 0 Å². The standard InChI is InChI=1S/C16H21NO3S/c1-6-16(7-2,8-3)17-15(18)14-11-13(21(5,19)20)10-9-12(14)4/h1,9-11H,7-8H2,2-5H3,(H,17,18). The molecule has 0 aromatic heterocycles. The third-order valence-electron chi connectivity index (χ3n) is 3.72. The maximum Gasteiger partial charge on any atom is 0.252 e. The van der Waals surface area contributed by atoms with Gasteiger partial charge in [0, 0.05) is 11.8 Å². The largest absolute Gasteiger partial charge is 0.336 e. The first-order valence-electron chi connectivity index (χ1n) is 6.80. The van der Waals surface area contributed by atoms with E-state index in [-0.39, 0.29) is 10.8 Å². The van der Waals surface area contributed by atoms with Crippen LogP contribution >= 0.6 is 0 Å². The highest BCUT2D eigenvalue weighted by Gasteiger charge is 2.26. The van der Waals surface area contributed by atoms with Gasteiger partial charge in [-0.25, -0.2) is 8.42 Å². The molecule has 0 saturated heterocycles. The Hall–Kier alpha value is -1.80. The fourth-order valence-electron chi connectivity index (χ4n) is 2.03. The predicted octanol–water partition coefficient (Wildman–Crippen LogP) is 2.32. The highest BCUT2D eigenvalue weighted by Crippen LogP contribution is 2.19. The summed E-state index contributed by atoms with van der Waals surface area (Å²) in [6, 6.07) is 4.52. The summed E-state index contributed by atoms with van der Waals surface area (Å²) in [6.45, 7) is 5.57. The molecule has 0 aliphatic heterocycles. The summed E-state index contributed by atoms with van der Waals surface area (Å²) in [7, 11) is -3.36. The fourth-order valence-corrected chi connectivity index (χ4v) is 2.68. The Labute approximate surface area is 126 Å². The van der Waals surface area contributed by atoms with E-state index in [2.05, 4.69) is 11.2 Å². The van der Waals surface area contributed by atoms with Crippen molar-refractivity contribution in [2.45, 2.75) is 44.0 Å². The van der Waals surface area contributed by atoms with Gasteiger partial charge in [-0.15, -0.1) is 6.42 Å². The fraction of sp³-hybridized carbons (Fsp3) is 0.438. The van der Waals surface area contributed by atoms with Gasteiger partial charge in [0.1, 0.15) is 5.54 Å². The Morgan fingerprint density at radius 3 is 2.33 bits per heavy atom. The number of sulfone groups is 1. The first-order valence-corrected chi connectivity index (χ1v) is 8.69. The molecule has 0 heterocycles. The molecular weight excluding hydrogens is 286 g/mol. The smallest absolute Gasteiger partial charge is 0.252 e. The zero-order chi connectivity index (χ0) is 16.3. The second-order valence-corrected chi connectivity index (χ2v) is 7.15. The van der Waals surface area contributed by atoms with Crippen molar-refractivity contribution in [3.05, 3.63) is 29.3 Å². The number of carbonyl (C=O) groups is 1. The van der Waals surface area contributed by atoms with E-state index in [1.165, 1.54) is 12.1 Å². The van der Waals surface area contributed by atoms with Gasteiger partial charge >= 0.3 is 0 Å². The number of benzene rings is 1. The predicted molar refractivity (Wildman–Crippen MR) is 83.9 cm³/mol. The molecule has 21 heavy (non-hydrogen) atoms. The van der Waals surface area contributed by atoms with Crippen LogP contribution in [0.5, 0.6) is 0 Å². The van der Waals surface area contributed by atoms with E-state index in [4.69, 9.17) is 6.42 Å². The van der Waals surface area contributed by atoms with E-state index in [0.29, 0.717) is 24.0 Å². The summed E-state index contributed by atoms with van der Waals surface area (Å²) in [5.41, 5.74) is 0.336. The zero-order valence-corrected chi connectivity index (χ0v) is 13.7. The van der Waals surface area contributed by atoms with Crippen LogP contribution < -0.4 is 5.32 Å². The van der Waals surface area contributed by atoms with E-state index >= 15 is 0 Å². The van der Waals surface area contributed by atoms with E-state index in [0.717, 1.165) is 6.26 Å². The minimum atomic E-state index is -3.36. The maximum absolute atomic E-state index is 12.4. The molecule has 0 saturated carbocycles. The molecule has 0 bridgehead atoms. The summed E-state index contributed by atoms with van der Waals surface area (Å²) in [4.78, 5) is 12.6. The number of hydrogen-bond acceptors (Lipinski definition) is 3. The summed E-state index contributed by atoms with van der Waals surface area (Å²) in [6.07, 6.45) is 7.86. The molecule has 114 valence electrons. The number of nitrogens with one attached hydrogen (secondary N) is 1. The Morgan fingerprint density at radius 2 is 1.90 bits per heavy atom. The molecule has 0 radical (unpaired) electrons. The molecule has 0 unspecified atom stereocenters. The molecule has 1 rings (SSSR count). The average Bonchev–Trinajstić information content (AvgIpc) is 2.44.